The van der Waals surface area contributed by atoms with E-state index in [0.717, 1.165) is 12.1 Å². The minimum absolute atomic E-state index is 0.0360. The van der Waals surface area contributed by atoms with Gasteiger partial charge in [0.15, 0.2) is 0 Å². The lowest BCUT2D eigenvalue weighted by atomic mass is 10.1. The van der Waals surface area contributed by atoms with Crippen molar-refractivity contribution in [3.63, 3.8) is 0 Å². The van der Waals surface area contributed by atoms with Gasteiger partial charge in [-0.3, -0.25) is 14.3 Å². The molecule has 9 heteroatoms. The fourth-order valence-corrected chi connectivity index (χ4v) is 2.63. The van der Waals surface area contributed by atoms with E-state index in [0.29, 0.717) is 12.2 Å². The van der Waals surface area contributed by atoms with Gasteiger partial charge in [0.25, 0.3) is 5.69 Å². The second-order valence-electron chi connectivity index (χ2n) is 4.52. The van der Waals surface area contributed by atoms with Crippen LogP contribution in [0.15, 0.2) is 12.1 Å². The zero-order chi connectivity index (χ0) is 16.2. The smallest absolute Gasteiger partial charge is 0.338 e. The molecule has 0 amide bonds. The first kappa shape index (κ1) is 17.4. The number of hydrogen-bond donors (Lipinski definition) is 2. The van der Waals surface area contributed by atoms with Crippen LogP contribution in [0.3, 0.4) is 0 Å². The number of nitro benzene ring substituents is 1. The molecule has 0 radical (unpaired) electrons. The summed E-state index contributed by atoms with van der Waals surface area (Å²) in [4.78, 5) is 21.3. The molecule has 0 aromatic heterocycles. The Balaban J connectivity index is 3.08. The van der Waals surface area contributed by atoms with Crippen molar-refractivity contribution >= 4 is 39.7 Å². The van der Waals surface area contributed by atoms with E-state index in [1.165, 1.54) is 0 Å². The van der Waals surface area contributed by atoms with Gasteiger partial charge in [-0.05, 0) is 13.3 Å². The molecule has 2 atom stereocenters. The van der Waals surface area contributed by atoms with E-state index in [4.69, 9.17) is 16.7 Å². The number of carboxylic acid groups (broad SMARTS) is 1. The molecule has 116 valence electrons. The van der Waals surface area contributed by atoms with Crippen molar-refractivity contribution in [1.29, 1.82) is 0 Å². The van der Waals surface area contributed by atoms with E-state index >= 15 is 0 Å². The number of anilines is 1. The standard InChI is InChI=1S/C12H15ClN2O5S/c1-7(3-4-21(2)20)14-11-9(12(16)17)5-8(15(18)19)6-10(11)13/h5-7,14H,3-4H2,1-2H3,(H,16,17). The van der Waals surface area contributed by atoms with Gasteiger partial charge in [-0.1, -0.05) is 11.6 Å². The number of nitro groups is 1. The topological polar surface area (TPSA) is 110 Å². The van der Waals surface area contributed by atoms with Crippen molar-refractivity contribution < 1.29 is 19.0 Å². The van der Waals surface area contributed by atoms with Crippen molar-refractivity contribution in [3.05, 3.63) is 32.8 Å². The van der Waals surface area contributed by atoms with Crippen LogP contribution in [-0.2, 0) is 10.8 Å². The maximum Gasteiger partial charge on any atom is 0.338 e. The molecule has 2 N–H and O–H groups in total. The molecule has 1 aromatic rings. The molecule has 0 aliphatic heterocycles. The van der Waals surface area contributed by atoms with Gasteiger partial charge in [-0.15, -0.1) is 0 Å². The van der Waals surface area contributed by atoms with E-state index in [-0.39, 0.29) is 28.0 Å². The first-order valence-electron chi connectivity index (χ1n) is 6.00. The molecule has 0 aliphatic rings. The second-order valence-corrected chi connectivity index (χ2v) is 6.49. The maximum atomic E-state index is 11.2. The number of benzene rings is 1. The summed E-state index contributed by atoms with van der Waals surface area (Å²) in [7, 11) is -0.952. The van der Waals surface area contributed by atoms with E-state index < -0.39 is 21.7 Å². The quantitative estimate of drug-likeness (QED) is 0.585. The number of non-ortho nitro benzene ring substituents is 1. The fraction of sp³-hybridized carbons (Fsp3) is 0.417. The molecule has 0 spiro atoms. The summed E-state index contributed by atoms with van der Waals surface area (Å²) in [5.74, 6) is -0.851. The Bertz CT molecular complexity index is 593. The van der Waals surface area contributed by atoms with Crippen LogP contribution in [0.1, 0.15) is 23.7 Å². The van der Waals surface area contributed by atoms with Gasteiger partial charge >= 0.3 is 5.97 Å². The van der Waals surface area contributed by atoms with Crippen molar-refractivity contribution in [1.82, 2.24) is 0 Å². The molecular weight excluding hydrogens is 320 g/mol. The predicted octanol–water partition coefficient (Wildman–Crippen LogP) is 2.52. The molecule has 7 nitrogen and oxygen atoms in total. The highest BCUT2D eigenvalue weighted by Gasteiger charge is 2.21. The summed E-state index contributed by atoms with van der Waals surface area (Å²) in [5.41, 5.74) is -0.520. The van der Waals surface area contributed by atoms with Gasteiger partial charge in [0.05, 0.1) is 21.2 Å². The summed E-state index contributed by atoms with van der Waals surface area (Å²) in [6.45, 7) is 1.79. The Hall–Kier alpha value is -1.67. The molecule has 0 heterocycles. The molecule has 0 bridgehead atoms. The molecule has 0 fully saturated rings. The SMILES string of the molecule is CC(CCS(C)=O)Nc1c(Cl)cc([N+](=O)[O-])cc1C(=O)O. The van der Waals surface area contributed by atoms with Gasteiger partial charge in [-0.25, -0.2) is 4.79 Å². The van der Waals surface area contributed by atoms with Crippen molar-refractivity contribution in [2.75, 3.05) is 17.3 Å². The number of rotatable bonds is 7. The Morgan fingerprint density at radius 3 is 2.67 bits per heavy atom. The lowest BCUT2D eigenvalue weighted by molar-refractivity contribution is -0.384. The molecule has 1 aromatic carbocycles. The summed E-state index contributed by atoms with van der Waals surface area (Å²) >= 11 is 5.94. The Kier molecular flexibility index (Phi) is 6.10. The van der Waals surface area contributed by atoms with E-state index in [1.54, 1.807) is 13.2 Å². The number of halogens is 1. The van der Waals surface area contributed by atoms with Crippen LogP contribution in [0.2, 0.25) is 5.02 Å². The normalized spacial score (nSPS) is 13.5. The Labute approximate surface area is 128 Å². The lowest BCUT2D eigenvalue weighted by Gasteiger charge is -2.17. The summed E-state index contributed by atoms with van der Waals surface area (Å²) in [5, 5.41) is 22.8. The summed E-state index contributed by atoms with van der Waals surface area (Å²) in [6, 6.07) is 1.88. The Morgan fingerprint density at radius 1 is 1.57 bits per heavy atom. The minimum Gasteiger partial charge on any atom is -0.478 e. The highest BCUT2D eigenvalue weighted by molar-refractivity contribution is 7.84. The molecule has 0 saturated heterocycles. The van der Waals surface area contributed by atoms with Gasteiger partial charge in [0.1, 0.15) is 0 Å². The first-order valence-corrected chi connectivity index (χ1v) is 8.10. The van der Waals surface area contributed by atoms with Crippen LogP contribution in [0.5, 0.6) is 0 Å². The molecule has 0 aliphatic carbocycles. The van der Waals surface area contributed by atoms with Crippen LogP contribution in [0.25, 0.3) is 0 Å². The number of carbonyl (C=O) groups is 1. The van der Waals surface area contributed by atoms with Gasteiger partial charge in [0, 0.05) is 41.0 Å². The third-order valence-electron chi connectivity index (χ3n) is 2.75. The second kappa shape index (κ2) is 7.37. The third kappa shape index (κ3) is 4.98. The first-order chi connectivity index (χ1) is 9.72. The minimum atomic E-state index is -1.31. The monoisotopic (exact) mass is 334 g/mol. The zero-order valence-corrected chi connectivity index (χ0v) is 13.0. The number of carboxylic acids is 1. The molecule has 1 rings (SSSR count). The van der Waals surface area contributed by atoms with Gasteiger partial charge in [0.2, 0.25) is 0 Å². The molecule has 0 saturated carbocycles. The lowest BCUT2D eigenvalue weighted by Crippen LogP contribution is -2.20. The van der Waals surface area contributed by atoms with E-state index in [9.17, 15) is 19.1 Å². The van der Waals surface area contributed by atoms with Crippen molar-refractivity contribution in [2.45, 2.75) is 19.4 Å². The van der Waals surface area contributed by atoms with Gasteiger partial charge in [-0.2, -0.15) is 0 Å². The third-order valence-corrected chi connectivity index (χ3v) is 3.85. The number of nitrogens with zero attached hydrogens (tertiary/aromatic N) is 1. The summed E-state index contributed by atoms with van der Waals surface area (Å²) in [6.07, 6.45) is 2.13. The van der Waals surface area contributed by atoms with Crippen molar-refractivity contribution in [3.8, 4) is 0 Å². The molecule has 2 unspecified atom stereocenters. The van der Waals surface area contributed by atoms with Crippen LogP contribution in [-0.4, -0.2) is 38.3 Å². The largest absolute Gasteiger partial charge is 0.478 e. The van der Waals surface area contributed by atoms with Crippen LogP contribution < -0.4 is 5.32 Å². The highest BCUT2D eigenvalue weighted by Crippen LogP contribution is 2.32. The predicted molar refractivity (Wildman–Crippen MR) is 81.7 cm³/mol. The van der Waals surface area contributed by atoms with Crippen LogP contribution in [0.4, 0.5) is 11.4 Å². The van der Waals surface area contributed by atoms with Crippen LogP contribution >= 0.6 is 11.6 Å². The number of hydrogen-bond acceptors (Lipinski definition) is 5. The van der Waals surface area contributed by atoms with E-state index in [2.05, 4.69) is 5.32 Å². The average Bonchev–Trinajstić information content (AvgIpc) is 2.37. The Morgan fingerprint density at radius 2 is 2.19 bits per heavy atom. The fourth-order valence-electron chi connectivity index (χ4n) is 1.67. The highest BCUT2D eigenvalue weighted by atomic mass is 35.5. The molecular formula is C12H15ClN2O5S. The van der Waals surface area contributed by atoms with E-state index in [1.807, 2.05) is 0 Å². The number of nitrogens with one attached hydrogen (secondary N) is 1. The van der Waals surface area contributed by atoms with Crippen molar-refractivity contribution in [2.24, 2.45) is 0 Å². The zero-order valence-electron chi connectivity index (χ0n) is 11.5. The number of aromatic carboxylic acids is 1. The summed E-state index contributed by atoms with van der Waals surface area (Å²) < 4.78 is 11.1. The maximum absolute atomic E-state index is 11.2. The van der Waals surface area contributed by atoms with Gasteiger partial charge < -0.3 is 10.4 Å². The molecule has 21 heavy (non-hydrogen) atoms. The average molecular weight is 335 g/mol. The van der Waals surface area contributed by atoms with Crippen LogP contribution in [0, 0.1) is 10.1 Å².